The van der Waals surface area contributed by atoms with Crippen molar-refractivity contribution in [3.05, 3.63) is 23.7 Å². The third kappa shape index (κ3) is 4.58. The molecule has 2 amide bonds. The van der Waals surface area contributed by atoms with Crippen molar-refractivity contribution in [3.8, 4) is 0 Å². The van der Waals surface area contributed by atoms with Gasteiger partial charge in [0.05, 0.1) is 0 Å². The van der Waals surface area contributed by atoms with Gasteiger partial charge in [-0.05, 0) is 31.4 Å². The number of nitrogens with one attached hydrogen (secondary N) is 1. The number of carbonyl (C=O) groups is 3. The average Bonchev–Trinajstić information content (AvgIpc) is 3.08. The summed E-state index contributed by atoms with van der Waals surface area (Å²) in [6.45, 7) is 2.07. The van der Waals surface area contributed by atoms with Gasteiger partial charge in [0, 0.05) is 39.3 Å². The number of likely N-dealkylation sites (tertiary alicyclic amines) is 1. The van der Waals surface area contributed by atoms with Gasteiger partial charge in [0.1, 0.15) is 0 Å². The van der Waals surface area contributed by atoms with Crippen LogP contribution in [-0.4, -0.2) is 61.1 Å². The molecular formula is C16H22N2O6. The van der Waals surface area contributed by atoms with Crippen LogP contribution in [0.5, 0.6) is 0 Å². The van der Waals surface area contributed by atoms with Crippen LogP contribution in [0.3, 0.4) is 0 Å². The number of aromatic carboxylic acids is 1. The minimum Gasteiger partial charge on any atom is -0.475 e. The number of carboxylic acid groups (broad SMARTS) is 1. The highest BCUT2D eigenvalue weighted by atomic mass is 16.5. The van der Waals surface area contributed by atoms with Crippen molar-refractivity contribution in [1.29, 1.82) is 0 Å². The molecule has 24 heavy (non-hydrogen) atoms. The van der Waals surface area contributed by atoms with E-state index in [9.17, 15) is 14.4 Å². The van der Waals surface area contributed by atoms with Gasteiger partial charge >= 0.3 is 5.97 Å². The topological polar surface area (TPSA) is 109 Å². The number of carbonyl (C=O) groups excluding carboxylic acids is 2. The Morgan fingerprint density at radius 2 is 1.96 bits per heavy atom. The van der Waals surface area contributed by atoms with Gasteiger partial charge in [-0.2, -0.15) is 0 Å². The minimum absolute atomic E-state index is 0.00404. The van der Waals surface area contributed by atoms with Crippen LogP contribution in [0.15, 0.2) is 16.5 Å². The Morgan fingerprint density at radius 1 is 1.29 bits per heavy atom. The molecule has 2 rings (SSSR count). The van der Waals surface area contributed by atoms with E-state index in [0.29, 0.717) is 39.1 Å². The summed E-state index contributed by atoms with van der Waals surface area (Å²) in [6, 6.07) is 2.62. The van der Waals surface area contributed by atoms with Gasteiger partial charge in [0.15, 0.2) is 5.76 Å². The fourth-order valence-electron chi connectivity index (χ4n) is 2.64. The van der Waals surface area contributed by atoms with Crippen LogP contribution in [0.2, 0.25) is 0 Å². The lowest BCUT2D eigenvalue weighted by molar-refractivity contribution is -0.126. The second-order valence-corrected chi connectivity index (χ2v) is 5.67. The summed E-state index contributed by atoms with van der Waals surface area (Å²) in [5.74, 6) is -1.91. The molecule has 0 aromatic carbocycles. The zero-order valence-electron chi connectivity index (χ0n) is 13.6. The number of nitrogens with zero attached hydrogens (tertiary/aromatic N) is 1. The van der Waals surface area contributed by atoms with Gasteiger partial charge in [-0.3, -0.25) is 9.59 Å². The summed E-state index contributed by atoms with van der Waals surface area (Å²) in [4.78, 5) is 36.7. The highest BCUT2D eigenvalue weighted by Gasteiger charge is 2.29. The monoisotopic (exact) mass is 338 g/mol. The lowest BCUT2D eigenvalue weighted by Crippen LogP contribution is -2.43. The third-order valence-corrected chi connectivity index (χ3v) is 4.00. The van der Waals surface area contributed by atoms with Crippen molar-refractivity contribution in [3.63, 3.8) is 0 Å². The van der Waals surface area contributed by atoms with Crippen LogP contribution in [-0.2, 0) is 9.53 Å². The van der Waals surface area contributed by atoms with E-state index < -0.39 is 5.97 Å². The van der Waals surface area contributed by atoms with E-state index in [1.165, 1.54) is 12.1 Å². The quantitative estimate of drug-likeness (QED) is 0.717. The summed E-state index contributed by atoms with van der Waals surface area (Å²) in [5.41, 5.74) is 0. The molecule has 1 aliphatic heterocycles. The number of ether oxygens (including phenoxy) is 1. The number of hydrogen-bond donors (Lipinski definition) is 2. The molecule has 0 unspecified atom stereocenters. The molecule has 0 aliphatic carbocycles. The van der Waals surface area contributed by atoms with Gasteiger partial charge in [-0.15, -0.1) is 0 Å². The van der Waals surface area contributed by atoms with Crippen LogP contribution in [0.1, 0.15) is 40.4 Å². The fourth-order valence-corrected chi connectivity index (χ4v) is 2.64. The molecule has 0 spiro atoms. The first-order chi connectivity index (χ1) is 11.5. The van der Waals surface area contributed by atoms with Gasteiger partial charge < -0.3 is 24.5 Å². The first-order valence-electron chi connectivity index (χ1n) is 7.92. The molecule has 8 nitrogen and oxygen atoms in total. The van der Waals surface area contributed by atoms with Gasteiger partial charge in [0.25, 0.3) is 5.91 Å². The van der Waals surface area contributed by atoms with Crippen LogP contribution in [0.4, 0.5) is 0 Å². The lowest BCUT2D eigenvalue weighted by Gasteiger charge is -2.30. The summed E-state index contributed by atoms with van der Waals surface area (Å²) < 4.78 is 9.96. The summed E-state index contributed by atoms with van der Waals surface area (Å²) in [6.07, 6.45) is 1.92. The first-order valence-corrected chi connectivity index (χ1v) is 7.92. The maximum Gasteiger partial charge on any atom is 0.371 e. The highest BCUT2D eigenvalue weighted by Crippen LogP contribution is 2.20. The zero-order chi connectivity index (χ0) is 17.5. The molecule has 1 fully saturated rings. The van der Waals surface area contributed by atoms with E-state index in [0.717, 1.165) is 6.42 Å². The molecule has 2 heterocycles. The van der Waals surface area contributed by atoms with Crippen molar-refractivity contribution >= 4 is 17.8 Å². The maximum atomic E-state index is 12.3. The number of hydrogen-bond acceptors (Lipinski definition) is 5. The van der Waals surface area contributed by atoms with Gasteiger partial charge in [0.2, 0.25) is 11.7 Å². The molecule has 0 saturated carbocycles. The van der Waals surface area contributed by atoms with Crippen LogP contribution < -0.4 is 5.32 Å². The van der Waals surface area contributed by atoms with Crippen molar-refractivity contribution in [2.75, 3.05) is 33.4 Å². The van der Waals surface area contributed by atoms with Crippen LogP contribution in [0.25, 0.3) is 0 Å². The Hall–Kier alpha value is -2.35. The summed E-state index contributed by atoms with van der Waals surface area (Å²) in [7, 11) is 1.62. The molecule has 2 N–H and O–H groups in total. The first kappa shape index (κ1) is 18.0. The van der Waals surface area contributed by atoms with Crippen molar-refractivity contribution in [2.24, 2.45) is 5.92 Å². The number of methoxy groups -OCH3 is 1. The zero-order valence-corrected chi connectivity index (χ0v) is 13.6. The lowest BCUT2D eigenvalue weighted by atomic mass is 9.95. The molecule has 1 aliphatic rings. The predicted molar refractivity (Wildman–Crippen MR) is 83.8 cm³/mol. The van der Waals surface area contributed by atoms with E-state index in [-0.39, 0.29) is 29.3 Å². The number of amides is 2. The van der Waals surface area contributed by atoms with Crippen LogP contribution >= 0.6 is 0 Å². The Bertz CT molecular complexity index is 589. The second kappa shape index (κ2) is 8.49. The molecule has 132 valence electrons. The number of rotatable bonds is 7. The molecular weight excluding hydrogens is 316 g/mol. The second-order valence-electron chi connectivity index (χ2n) is 5.67. The van der Waals surface area contributed by atoms with Gasteiger partial charge in [-0.1, -0.05) is 0 Å². The minimum atomic E-state index is -1.21. The molecule has 0 radical (unpaired) electrons. The Balaban J connectivity index is 1.80. The van der Waals surface area contributed by atoms with E-state index >= 15 is 0 Å². The van der Waals surface area contributed by atoms with Crippen LogP contribution in [0, 0.1) is 5.92 Å². The Labute approximate surface area is 139 Å². The molecule has 0 atom stereocenters. The maximum absolute atomic E-state index is 12.3. The molecule has 1 aromatic rings. The van der Waals surface area contributed by atoms with Crippen molar-refractivity contribution in [2.45, 2.75) is 19.3 Å². The molecule has 1 saturated heterocycles. The van der Waals surface area contributed by atoms with E-state index in [1.54, 1.807) is 12.0 Å². The summed E-state index contributed by atoms with van der Waals surface area (Å²) >= 11 is 0. The van der Waals surface area contributed by atoms with Crippen molar-refractivity contribution < 1.29 is 28.6 Å². The smallest absolute Gasteiger partial charge is 0.371 e. The standard InChI is InChI=1S/C16H22N2O6/c1-23-10-2-7-17-14(19)11-5-8-18(9-6-11)15(20)12-3-4-13(24-12)16(21)22/h3-4,11H,2,5-10H2,1H3,(H,17,19)(H,21,22). The Kier molecular flexibility index (Phi) is 6.36. The van der Waals surface area contributed by atoms with Crippen molar-refractivity contribution in [1.82, 2.24) is 10.2 Å². The van der Waals surface area contributed by atoms with Gasteiger partial charge in [-0.25, -0.2) is 4.79 Å². The SMILES string of the molecule is COCCCNC(=O)C1CCN(C(=O)c2ccc(C(=O)O)o2)CC1. The number of piperidine rings is 1. The van der Waals surface area contributed by atoms with E-state index in [2.05, 4.69) is 5.32 Å². The fraction of sp³-hybridized carbons (Fsp3) is 0.562. The van der Waals surface area contributed by atoms with E-state index in [1.807, 2.05) is 0 Å². The number of carboxylic acids is 1. The average molecular weight is 338 g/mol. The largest absolute Gasteiger partial charge is 0.475 e. The predicted octanol–water partition coefficient (Wildman–Crippen LogP) is 0.983. The molecule has 1 aromatic heterocycles. The molecule has 8 heteroatoms. The highest BCUT2D eigenvalue weighted by molar-refractivity contribution is 5.93. The number of furan rings is 1. The normalized spacial score (nSPS) is 15.3. The molecule has 0 bridgehead atoms. The third-order valence-electron chi connectivity index (χ3n) is 4.00. The van der Waals surface area contributed by atoms with E-state index in [4.69, 9.17) is 14.3 Å². The summed E-state index contributed by atoms with van der Waals surface area (Å²) in [5, 5.41) is 11.7. The Morgan fingerprint density at radius 3 is 2.54 bits per heavy atom.